The Labute approximate surface area is 168 Å². The van der Waals surface area contributed by atoms with Gasteiger partial charge in [-0.3, -0.25) is 4.79 Å². The van der Waals surface area contributed by atoms with Gasteiger partial charge >= 0.3 is 5.97 Å². The molecular formula is C22H31NO4S. The van der Waals surface area contributed by atoms with Gasteiger partial charge in [-0.1, -0.05) is 58.0 Å². The molecule has 154 valence electrons. The zero-order valence-corrected chi connectivity index (χ0v) is 18.2. The van der Waals surface area contributed by atoms with Gasteiger partial charge in [0, 0.05) is 6.54 Å². The van der Waals surface area contributed by atoms with Crippen LogP contribution in [-0.4, -0.2) is 38.4 Å². The van der Waals surface area contributed by atoms with Crippen molar-refractivity contribution in [2.24, 2.45) is 11.8 Å². The number of fused-ring (bicyclic) bond motifs is 1. The smallest absolute Gasteiger partial charge is 0.324 e. The summed E-state index contributed by atoms with van der Waals surface area (Å²) < 4.78 is 33.4. The second-order valence-corrected chi connectivity index (χ2v) is 9.87. The van der Waals surface area contributed by atoms with Crippen molar-refractivity contribution in [3.63, 3.8) is 0 Å². The summed E-state index contributed by atoms with van der Waals surface area (Å²) in [6.07, 6.45) is 1.08. The number of carbonyl (C=O) groups is 1. The number of sulfonamides is 1. The van der Waals surface area contributed by atoms with Gasteiger partial charge in [0.05, 0.1) is 12.0 Å². The number of esters is 1. The van der Waals surface area contributed by atoms with Crippen LogP contribution in [0.2, 0.25) is 0 Å². The third-order valence-corrected chi connectivity index (χ3v) is 6.67. The maximum absolute atomic E-state index is 13.6. The molecule has 0 aliphatic heterocycles. The summed E-state index contributed by atoms with van der Waals surface area (Å²) in [6, 6.07) is 11.9. The highest BCUT2D eigenvalue weighted by atomic mass is 32.2. The number of benzene rings is 2. The summed E-state index contributed by atoms with van der Waals surface area (Å²) in [5.41, 5.74) is 0. The summed E-state index contributed by atoms with van der Waals surface area (Å²) >= 11 is 0. The van der Waals surface area contributed by atoms with Gasteiger partial charge in [-0.15, -0.1) is 0 Å². The van der Waals surface area contributed by atoms with Crippen molar-refractivity contribution >= 4 is 26.8 Å². The van der Waals surface area contributed by atoms with Gasteiger partial charge in [-0.25, -0.2) is 8.42 Å². The molecule has 2 rings (SSSR count). The predicted octanol–water partition coefficient (Wildman–Crippen LogP) is 4.46. The van der Waals surface area contributed by atoms with E-state index in [1.54, 1.807) is 18.2 Å². The quantitative estimate of drug-likeness (QED) is 0.578. The molecule has 0 fully saturated rings. The van der Waals surface area contributed by atoms with Gasteiger partial charge < -0.3 is 4.74 Å². The van der Waals surface area contributed by atoms with Crippen LogP contribution in [0.1, 0.15) is 40.5 Å². The van der Waals surface area contributed by atoms with Crippen molar-refractivity contribution in [2.45, 2.75) is 51.5 Å². The maximum Gasteiger partial charge on any atom is 0.324 e. The van der Waals surface area contributed by atoms with E-state index in [1.165, 1.54) is 11.4 Å². The molecule has 2 aromatic rings. The van der Waals surface area contributed by atoms with E-state index in [0.717, 1.165) is 10.8 Å². The summed E-state index contributed by atoms with van der Waals surface area (Å²) in [6.45, 7) is 8.30. The lowest BCUT2D eigenvalue weighted by atomic mass is 10.0. The second kappa shape index (κ2) is 9.52. The van der Waals surface area contributed by atoms with Gasteiger partial charge in [0.25, 0.3) is 0 Å². The second-order valence-electron chi connectivity index (χ2n) is 7.98. The normalized spacial score (nSPS) is 13.4. The molecule has 28 heavy (non-hydrogen) atoms. The number of nitrogens with zero attached hydrogens (tertiary/aromatic N) is 1. The maximum atomic E-state index is 13.6. The molecule has 0 aromatic heterocycles. The van der Waals surface area contributed by atoms with Crippen LogP contribution in [0.4, 0.5) is 0 Å². The van der Waals surface area contributed by atoms with E-state index in [1.807, 2.05) is 52.0 Å². The van der Waals surface area contributed by atoms with E-state index >= 15 is 0 Å². The van der Waals surface area contributed by atoms with E-state index < -0.39 is 22.0 Å². The number of rotatable bonds is 9. The minimum Gasteiger partial charge on any atom is -0.468 e. The Kier molecular flexibility index (Phi) is 7.61. The van der Waals surface area contributed by atoms with Crippen molar-refractivity contribution in [2.75, 3.05) is 13.7 Å². The average Bonchev–Trinajstić information content (AvgIpc) is 2.65. The predicted molar refractivity (Wildman–Crippen MR) is 113 cm³/mol. The molecule has 0 aliphatic rings. The summed E-state index contributed by atoms with van der Waals surface area (Å²) in [7, 11) is -2.55. The first kappa shape index (κ1) is 22.4. The third kappa shape index (κ3) is 5.32. The Bertz CT molecular complexity index is 906. The standard InChI is InChI=1S/C22H31NO4S/c1-16(2)12-13-23(21(14-17(3)4)22(24)27-5)28(25,26)20-11-10-18-8-6-7-9-19(18)15-20/h6-11,15-17,21H,12-14H2,1-5H3/t21-/m1/s1. The number of hydrogen-bond donors (Lipinski definition) is 0. The van der Waals surface area contributed by atoms with Gasteiger partial charge in [-0.2, -0.15) is 4.31 Å². The van der Waals surface area contributed by atoms with Crippen LogP contribution in [0.5, 0.6) is 0 Å². The fraction of sp³-hybridized carbons (Fsp3) is 0.500. The minimum atomic E-state index is -3.86. The lowest BCUT2D eigenvalue weighted by Crippen LogP contribution is -2.47. The van der Waals surface area contributed by atoms with Crippen LogP contribution in [0.15, 0.2) is 47.4 Å². The molecule has 1 atom stereocenters. The molecule has 2 aromatic carbocycles. The van der Waals surface area contributed by atoms with Gasteiger partial charge in [0.2, 0.25) is 10.0 Å². The van der Waals surface area contributed by atoms with Crippen LogP contribution >= 0.6 is 0 Å². The molecule has 0 saturated heterocycles. The number of carbonyl (C=O) groups excluding carboxylic acids is 1. The Morgan fingerprint density at radius 3 is 2.21 bits per heavy atom. The Balaban J connectivity index is 2.52. The summed E-state index contributed by atoms with van der Waals surface area (Å²) in [4.78, 5) is 12.7. The molecule has 0 heterocycles. The largest absolute Gasteiger partial charge is 0.468 e. The summed E-state index contributed by atoms with van der Waals surface area (Å²) in [5, 5.41) is 1.83. The molecule has 0 unspecified atom stereocenters. The van der Waals surface area contributed by atoms with Crippen LogP contribution < -0.4 is 0 Å². The third-order valence-electron chi connectivity index (χ3n) is 4.77. The zero-order valence-electron chi connectivity index (χ0n) is 17.4. The van der Waals surface area contributed by atoms with E-state index in [-0.39, 0.29) is 17.4 Å². The van der Waals surface area contributed by atoms with Gasteiger partial charge in [0.15, 0.2) is 0 Å². The van der Waals surface area contributed by atoms with Crippen molar-refractivity contribution in [3.8, 4) is 0 Å². The monoisotopic (exact) mass is 405 g/mol. The first-order valence-corrected chi connectivity index (χ1v) is 11.2. The molecule has 5 nitrogen and oxygen atoms in total. The number of methoxy groups -OCH3 is 1. The first-order valence-electron chi connectivity index (χ1n) is 9.75. The fourth-order valence-corrected chi connectivity index (χ4v) is 4.85. The summed E-state index contributed by atoms with van der Waals surface area (Å²) in [5.74, 6) is -0.0501. The Morgan fingerprint density at radius 1 is 1.00 bits per heavy atom. The molecule has 0 radical (unpaired) electrons. The Morgan fingerprint density at radius 2 is 1.64 bits per heavy atom. The minimum absolute atomic E-state index is 0.150. The van der Waals surface area contributed by atoms with Crippen LogP contribution in [0.25, 0.3) is 10.8 Å². The van der Waals surface area contributed by atoms with E-state index in [0.29, 0.717) is 18.8 Å². The van der Waals surface area contributed by atoms with Crippen molar-refractivity contribution in [3.05, 3.63) is 42.5 Å². The highest BCUT2D eigenvalue weighted by Gasteiger charge is 2.36. The number of ether oxygens (including phenoxy) is 1. The SMILES string of the molecule is COC(=O)[C@@H](CC(C)C)N(CCC(C)C)S(=O)(=O)c1ccc2ccccc2c1. The lowest BCUT2D eigenvalue weighted by Gasteiger charge is -2.30. The molecule has 0 amide bonds. The van der Waals surface area contributed by atoms with Gasteiger partial charge in [-0.05, 0) is 47.6 Å². The Hall–Kier alpha value is -1.92. The van der Waals surface area contributed by atoms with E-state index in [9.17, 15) is 13.2 Å². The highest BCUT2D eigenvalue weighted by molar-refractivity contribution is 7.89. The van der Waals surface area contributed by atoms with Crippen LogP contribution in [0, 0.1) is 11.8 Å². The molecule has 0 aliphatic carbocycles. The molecule has 0 spiro atoms. The molecule has 0 saturated carbocycles. The molecule has 0 bridgehead atoms. The zero-order chi connectivity index (χ0) is 20.9. The van der Waals surface area contributed by atoms with Crippen LogP contribution in [0.3, 0.4) is 0 Å². The molecule has 6 heteroatoms. The van der Waals surface area contributed by atoms with Crippen LogP contribution in [-0.2, 0) is 19.6 Å². The number of hydrogen-bond acceptors (Lipinski definition) is 4. The topological polar surface area (TPSA) is 63.7 Å². The lowest BCUT2D eigenvalue weighted by molar-refractivity contribution is -0.145. The van der Waals surface area contributed by atoms with Crippen molar-refractivity contribution < 1.29 is 17.9 Å². The van der Waals surface area contributed by atoms with E-state index in [2.05, 4.69) is 0 Å². The van der Waals surface area contributed by atoms with Crippen molar-refractivity contribution in [1.29, 1.82) is 0 Å². The molecule has 0 N–H and O–H groups in total. The fourth-order valence-electron chi connectivity index (χ4n) is 3.21. The molecular weight excluding hydrogens is 374 g/mol. The van der Waals surface area contributed by atoms with Crippen molar-refractivity contribution in [1.82, 2.24) is 4.31 Å². The first-order chi connectivity index (χ1) is 13.2. The van der Waals surface area contributed by atoms with Gasteiger partial charge in [0.1, 0.15) is 6.04 Å². The van der Waals surface area contributed by atoms with E-state index in [4.69, 9.17) is 4.74 Å². The highest BCUT2D eigenvalue weighted by Crippen LogP contribution is 2.26. The average molecular weight is 406 g/mol.